The van der Waals surface area contributed by atoms with Crippen LogP contribution in [-0.2, 0) is 19.6 Å². The Morgan fingerprint density at radius 2 is 1.80 bits per heavy atom. The number of nitrogens with one attached hydrogen (secondary N) is 2. The number of aliphatic imine (C=N–C) groups is 1. The predicted molar refractivity (Wildman–Crippen MR) is 130 cm³/mol. The van der Waals surface area contributed by atoms with E-state index in [1.807, 2.05) is 50.2 Å². The summed E-state index contributed by atoms with van der Waals surface area (Å²) in [6, 6.07) is 10.9. The summed E-state index contributed by atoms with van der Waals surface area (Å²) in [5, 5.41) is 6.55. The van der Waals surface area contributed by atoms with E-state index in [4.69, 9.17) is 9.47 Å². The van der Waals surface area contributed by atoms with Crippen molar-refractivity contribution in [2.75, 3.05) is 34.9 Å². The highest BCUT2D eigenvalue weighted by Crippen LogP contribution is 2.24. The quantitative estimate of drug-likeness (QED) is 0.294. The lowest BCUT2D eigenvalue weighted by Crippen LogP contribution is -2.36. The van der Waals surface area contributed by atoms with Crippen LogP contribution >= 0.6 is 24.0 Å². The molecular weight excluding hydrogens is 498 g/mol. The molecule has 0 fully saturated rings. The van der Waals surface area contributed by atoms with Crippen molar-refractivity contribution in [3.8, 4) is 11.5 Å². The second-order valence-electron chi connectivity index (χ2n) is 6.89. The van der Waals surface area contributed by atoms with Gasteiger partial charge in [0, 0.05) is 36.8 Å². The molecule has 6 nitrogen and oxygen atoms in total. The molecule has 0 bridgehead atoms. The number of guanidine groups is 1. The molecule has 0 radical (unpaired) electrons. The first kappa shape index (κ1) is 26.0. The van der Waals surface area contributed by atoms with Crippen LogP contribution in [0.5, 0.6) is 11.5 Å². The summed E-state index contributed by atoms with van der Waals surface area (Å²) in [4.78, 5) is 6.57. The smallest absolute Gasteiger partial charge is 0.191 e. The molecule has 0 aliphatic heterocycles. The molecule has 2 aromatic rings. The van der Waals surface area contributed by atoms with Gasteiger partial charge in [-0.2, -0.15) is 0 Å². The monoisotopic (exact) mass is 530 g/mol. The van der Waals surface area contributed by atoms with Crippen LogP contribution in [0.25, 0.3) is 0 Å². The third kappa shape index (κ3) is 7.98. The van der Waals surface area contributed by atoms with Crippen LogP contribution in [0.15, 0.2) is 41.4 Å². The normalized spacial score (nSPS) is 11.1. The van der Waals surface area contributed by atoms with E-state index in [1.54, 1.807) is 20.3 Å². The van der Waals surface area contributed by atoms with Gasteiger partial charge in [0.15, 0.2) is 5.96 Å². The maximum absolute atomic E-state index is 14.0. The summed E-state index contributed by atoms with van der Waals surface area (Å²) in [5.41, 5.74) is 2.63. The van der Waals surface area contributed by atoms with E-state index in [-0.39, 0.29) is 29.8 Å². The van der Waals surface area contributed by atoms with Crippen molar-refractivity contribution in [1.29, 1.82) is 0 Å². The average molecular weight is 530 g/mol. The molecule has 0 saturated carbocycles. The molecule has 2 aromatic carbocycles. The highest BCUT2D eigenvalue weighted by atomic mass is 127. The van der Waals surface area contributed by atoms with E-state index < -0.39 is 0 Å². The number of methoxy groups -OCH3 is 2. The van der Waals surface area contributed by atoms with Crippen LogP contribution < -0.4 is 20.1 Å². The highest BCUT2D eigenvalue weighted by Gasteiger charge is 2.08. The van der Waals surface area contributed by atoms with Gasteiger partial charge in [-0.15, -0.1) is 24.0 Å². The van der Waals surface area contributed by atoms with Crippen LogP contribution in [0, 0.1) is 5.82 Å². The number of nitrogens with zero attached hydrogens (tertiary/aromatic N) is 2. The van der Waals surface area contributed by atoms with Gasteiger partial charge in [-0.3, -0.25) is 0 Å². The lowest BCUT2D eigenvalue weighted by atomic mass is 10.1. The number of rotatable bonds is 9. The molecule has 0 heterocycles. The van der Waals surface area contributed by atoms with Gasteiger partial charge in [-0.1, -0.05) is 6.07 Å². The standard InChI is InChI=1S/C22H31FN4O2.HI/c1-6-24-22(26-14-17-8-9-19(28-4)12-21(17)29-5)25-13-16-7-10-20(23)18(11-16)15-27(2)3;/h7-12H,6,13-15H2,1-5H3,(H2,24,25,26);1H. The summed E-state index contributed by atoms with van der Waals surface area (Å²) in [6.07, 6.45) is 0. The third-order valence-electron chi connectivity index (χ3n) is 4.30. The largest absolute Gasteiger partial charge is 0.497 e. The van der Waals surface area contributed by atoms with E-state index in [0.29, 0.717) is 31.2 Å². The first-order valence-electron chi connectivity index (χ1n) is 9.62. The van der Waals surface area contributed by atoms with E-state index in [1.165, 1.54) is 6.07 Å². The maximum atomic E-state index is 14.0. The Bertz CT molecular complexity index is 831. The molecule has 0 saturated heterocycles. The maximum Gasteiger partial charge on any atom is 0.191 e. The summed E-state index contributed by atoms with van der Waals surface area (Å²) < 4.78 is 24.7. The van der Waals surface area contributed by atoms with Crippen molar-refractivity contribution < 1.29 is 13.9 Å². The number of benzene rings is 2. The van der Waals surface area contributed by atoms with Crippen molar-refractivity contribution in [2.45, 2.75) is 26.6 Å². The van der Waals surface area contributed by atoms with Gasteiger partial charge in [-0.25, -0.2) is 9.38 Å². The molecule has 2 rings (SSSR count). The molecule has 0 unspecified atom stereocenters. The number of ether oxygens (including phenoxy) is 2. The SMILES string of the molecule is CCNC(=NCc1ccc(F)c(CN(C)C)c1)NCc1ccc(OC)cc1OC.I. The third-order valence-corrected chi connectivity index (χ3v) is 4.30. The fraction of sp³-hybridized carbons (Fsp3) is 0.409. The van der Waals surface area contributed by atoms with Gasteiger partial charge in [-0.05, 0) is 50.8 Å². The Morgan fingerprint density at radius 1 is 1.03 bits per heavy atom. The zero-order valence-corrected chi connectivity index (χ0v) is 20.6. The van der Waals surface area contributed by atoms with E-state index in [9.17, 15) is 4.39 Å². The lowest BCUT2D eigenvalue weighted by molar-refractivity contribution is 0.390. The Kier molecular flexibility index (Phi) is 11.5. The zero-order chi connectivity index (χ0) is 21.2. The van der Waals surface area contributed by atoms with Crippen molar-refractivity contribution in [2.24, 2.45) is 4.99 Å². The average Bonchev–Trinajstić information content (AvgIpc) is 2.71. The van der Waals surface area contributed by atoms with Gasteiger partial charge < -0.3 is 25.0 Å². The zero-order valence-electron chi connectivity index (χ0n) is 18.3. The Morgan fingerprint density at radius 3 is 2.43 bits per heavy atom. The highest BCUT2D eigenvalue weighted by molar-refractivity contribution is 14.0. The first-order chi connectivity index (χ1) is 14.0. The molecule has 30 heavy (non-hydrogen) atoms. The Balaban J connectivity index is 0.00000450. The van der Waals surface area contributed by atoms with Gasteiger partial charge in [0.1, 0.15) is 17.3 Å². The molecule has 0 amide bonds. The van der Waals surface area contributed by atoms with Gasteiger partial charge >= 0.3 is 0 Å². The summed E-state index contributed by atoms with van der Waals surface area (Å²) in [5.74, 6) is 1.99. The molecular formula is C22H32FIN4O2. The van der Waals surface area contributed by atoms with Crippen LogP contribution in [0.4, 0.5) is 4.39 Å². The predicted octanol–water partition coefficient (Wildman–Crippen LogP) is 3.78. The number of halogens is 2. The first-order valence-corrected chi connectivity index (χ1v) is 9.62. The van der Waals surface area contributed by atoms with Crippen LogP contribution in [0.3, 0.4) is 0 Å². The summed E-state index contributed by atoms with van der Waals surface area (Å²) >= 11 is 0. The van der Waals surface area contributed by atoms with Crippen LogP contribution in [-0.4, -0.2) is 45.7 Å². The molecule has 2 N–H and O–H groups in total. The topological polar surface area (TPSA) is 58.1 Å². The minimum atomic E-state index is -0.192. The van der Waals surface area contributed by atoms with Gasteiger partial charge in [0.05, 0.1) is 20.8 Å². The Labute approximate surface area is 195 Å². The van der Waals surface area contributed by atoms with Crippen molar-refractivity contribution >= 4 is 29.9 Å². The van der Waals surface area contributed by atoms with E-state index in [2.05, 4.69) is 15.6 Å². The van der Waals surface area contributed by atoms with Crippen molar-refractivity contribution in [3.05, 3.63) is 58.9 Å². The molecule has 0 atom stereocenters. The fourth-order valence-electron chi connectivity index (χ4n) is 2.88. The summed E-state index contributed by atoms with van der Waals surface area (Å²) in [7, 11) is 7.11. The molecule has 166 valence electrons. The lowest BCUT2D eigenvalue weighted by Gasteiger charge is -2.15. The molecule has 0 aromatic heterocycles. The Hall–Kier alpha value is -2.07. The van der Waals surface area contributed by atoms with Crippen molar-refractivity contribution in [3.63, 3.8) is 0 Å². The second-order valence-corrected chi connectivity index (χ2v) is 6.89. The number of hydrogen-bond acceptors (Lipinski definition) is 4. The minimum absolute atomic E-state index is 0. The molecule has 0 spiro atoms. The number of hydrogen-bond donors (Lipinski definition) is 2. The molecule has 0 aliphatic rings. The van der Waals surface area contributed by atoms with Crippen molar-refractivity contribution in [1.82, 2.24) is 15.5 Å². The second kappa shape index (κ2) is 13.3. The van der Waals surface area contributed by atoms with E-state index in [0.717, 1.165) is 29.2 Å². The van der Waals surface area contributed by atoms with Crippen LogP contribution in [0.1, 0.15) is 23.6 Å². The minimum Gasteiger partial charge on any atom is -0.497 e. The molecule has 0 aliphatic carbocycles. The fourth-order valence-corrected chi connectivity index (χ4v) is 2.88. The van der Waals surface area contributed by atoms with Gasteiger partial charge in [0.2, 0.25) is 0 Å². The van der Waals surface area contributed by atoms with Crippen LogP contribution in [0.2, 0.25) is 0 Å². The summed E-state index contributed by atoms with van der Waals surface area (Å²) in [6.45, 7) is 4.31. The van der Waals surface area contributed by atoms with E-state index >= 15 is 0 Å². The molecule has 8 heteroatoms. The van der Waals surface area contributed by atoms with Gasteiger partial charge in [0.25, 0.3) is 0 Å².